The lowest BCUT2D eigenvalue weighted by molar-refractivity contribution is 0.678. The summed E-state index contributed by atoms with van der Waals surface area (Å²) in [5, 5.41) is 0. The summed E-state index contributed by atoms with van der Waals surface area (Å²) in [7, 11) is -0.752. The van der Waals surface area contributed by atoms with Crippen molar-refractivity contribution in [3.63, 3.8) is 0 Å². The third kappa shape index (κ3) is 0.340. The second kappa shape index (κ2) is 1.20. The normalized spacial score (nSPS) is 15.5. The maximum Gasteiger partial charge on any atom is 0.0850 e. The zero-order chi connectivity index (χ0) is 5.56. The molecule has 0 aromatic heterocycles. The maximum atomic E-state index is 10.8. The van der Waals surface area contributed by atoms with E-state index in [-0.39, 0.29) is 0 Å². The summed E-state index contributed by atoms with van der Waals surface area (Å²) in [6, 6.07) is 7.62. The highest BCUT2D eigenvalue weighted by atomic mass is 32.2. The topological polar surface area (TPSA) is 17.1 Å². The molecule has 0 saturated heterocycles. The van der Waals surface area contributed by atoms with E-state index >= 15 is 0 Å². The van der Waals surface area contributed by atoms with Gasteiger partial charge < -0.3 is 0 Å². The fraction of sp³-hybridized carbons (Fsp3) is 0. The van der Waals surface area contributed by atoms with Crippen LogP contribution in [-0.4, -0.2) is 4.21 Å². The highest BCUT2D eigenvalue weighted by molar-refractivity contribution is 7.86. The van der Waals surface area contributed by atoms with Crippen LogP contribution in [0.1, 0.15) is 0 Å². The first kappa shape index (κ1) is 4.27. The number of hydrogen-bond donors (Lipinski definition) is 0. The van der Waals surface area contributed by atoms with Crippen molar-refractivity contribution < 1.29 is 4.21 Å². The number of fused-ring (bicyclic) bond motifs is 2. The molecule has 3 rings (SSSR count). The van der Waals surface area contributed by atoms with Crippen LogP contribution < -0.4 is 0 Å². The van der Waals surface area contributed by atoms with Crippen LogP contribution in [0.2, 0.25) is 0 Å². The molecule has 0 N–H and O–H groups in total. The summed E-state index contributed by atoms with van der Waals surface area (Å²) < 4.78 is 10.8. The van der Waals surface area contributed by atoms with Crippen molar-refractivity contribution in [1.82, 2.24) is 0 Å². The van der Waals surface area contributed by atoms with E-state index in [2.05, 4.69) is 0 Å². The van der Waals surface area contributed by atoms with Crippen LogP contribution in [0.4, 0.5) is 0 Å². The van der Waals surface area contributed by atoms with Crippen LogP contribution in [-0.2, 0) is 10.8 Å². The van der Waals surface area contributed by atoms with Gasteiger partial charge in [0.25, 0.3) is 0 Å². The average Bonchev–Trinajstić information content (AvgIpc) is 1.89. The average molecular weight is 124 g/mol. The summed E-state index contributed by atoms with van der Waals surface area (Å²) in [5.41, 5.74) is 0. The minimum atomic E-state index is -0.752. The van der Waals surface area contributed by atoms with Crippen molar-refractivity contribution in [3.8, 4) is 0 Å². The fourth-order valence-electron chi connectivity index (χ4n) is 0.783. The van der Waals surface area contributed by atoms with E-state index in [9.17, 15) is 4.21 Å². The maximum absolute atomic E-state index is 10.8. The molecular weight excluding hydrogens is 120 g/mol. The van der Waals surface area contributed by atoms with Crippen molar-refractivity contribution in [2.24, 2.45) is 0 Å². The Kier molecular flexibility index (Phi) is 0.641. The Morgan fingerprint density at radius 3 is 2.12 bits per heavy atom. The summed E-state index contributed by atoms with van der Waals surface area (Å²) in [4.78, 5) is 1.92. The Morgan fingerprint density at radius 1 is 1.25 bits per heavy atom. The molecule has 2 aliphatic heterocycles. The minimum absolute atomic E-state index is 0.752. The van der Waals surface area contributed by atoms with Crippen LogP contribution in [0.5, 0.6) is 0 Å². The fourth-order valence-corrected chi connectivity index (χ4v) is 1.74. The lowest BCUT2D eigenvalue weighted by Gasteiger charge is -2.11. The highest BCUT2D eigenvalue weighted by Gasteiger charge is 2.15. The van der Waals surface area contributed by atoms with Crippen molar-refractivity contribution >= 4 is 10.8 Å². The van der Waals surface area contributed by atoms with Gasteiger partial charge in [0.15, 0.2) is 0 Å². The molecule has 2 heteroatoms. The molecular formula is C6H4OS. The van der Waals surface area contributed by atoms with Gasteiger partial charge in [-0.1, -0.05) is 6.07 Å². The van der Waals surface area contributed by atoms with Gasteiger partial charge in [0.1, 0.15) is 0 Å². The van der Waals surface area contributed by atoms with Crippen molar-refractivity contribution in [3.05, 3.63) is 24.3 Å². The largest absolute Gasteiger partial charge is 0.249 e. The summed E-state index contributed by atoms with van der Waals surface area (Å²) in [6.45, 7) is 0. The van der Waals surface area contributed by atoms with E-state index < -0.39 is 10.8 Å². The molecule has 1 nitrogen and oxygen atoms in total. The Labute approximate surface area is 49.8 Å². The summed E-state index contributed by atoms with van der Waals surface area (Å²) >= 11 is 0. The van der Waals surface area contributed by atoms with Gasteiger partial charge in [-0.25, -0.2) is 4.21 Å². The number of hydrogen-bond acceptors (Lipinski definition) is 1. The van der Waals surface area contributed by atoms with Crippen molar-refractivity contribution in [2.45, 2.75) is 9.79 Å². The molecule has 0 saturated carbocycles. The Balaban J connectivity index is 2.81. The number of rotatable bonds is 0. The molecule has 2 heterocycles. The molecule has 0 unspecified atom stereocenters. The zero-order valence-electron chi connectivity index (χ0n) is 4.13. The first-order valence-corrected chi connectivity index (χ1v) is 3.55. The van der Waals surface area contributed by atoms with E-state index in [1.807, 2.05) is 24.3 Å². The summed E-state index contributed by atoms with van der Waals surface area (Å²) in [5.74, 6) is 0. The molecule has 0 aliphatic carbocycles. The second-order valence-corrected chi connectivity index (χ2v) is 3.22. The summed E-state index contributed by atoms with van der Waals surface area (Å²) in [6.07, 6.45) is 0. The lowest BCUT2D eigenvalue weighted by Crippen LogP contribution is -2.01. The molecule has 0 amide bonds. The van der Waals surface area contributed by atoms with E-state index in [1.54, 1.807) is 0 Å². The lowest BCUT2D eigenvalue weighted by atomic mass is 10.3. The van der Waals surface area contributed by atoms with Gasteiger partial charge >= 0.3 is 0 Å². The molecule has 2 bridgehead atoms. The standard InChI is InChI=1S/C6H4OS/c7-8-5-2-1-3-6(8)4-5/h1-4H. The minimum Gasteiger partial charge on any atom is -0.249 e. The predicted molar refractivity (Wildman–Crippen MR) is 31.1 cm³/mol. The van der Waals surface area contributed by atoms with Crippen LogP contribution in [0, 0.1) is 0 Å². The third-order valence-electron chi connectivity index (χ3n) is 1.23. The van der Waals surface area contributed by atoms with Crippen LogP contribution >= 0.6 is 0 Å². The van der Waals surface area contributed by atoms with Crippen molar-refractivity contribution in [1.29, 1.82) is 0 Å². The second-order valence-electron chi connectivity index (χ2n) is 1.74. The number of benzene rings is 1. The Hall–Kier alpha value is -0.630. The Morgan fingerprint density at radius 2 is 1.88 bits per heavy atom. The quantitative estimate of drug-likeness (QED) is 0.515. The molecule has 1 aromatic rings. The predicted octanol–water partition coefficient (Wildman–Crippen LogP) is 1.17. The molecule has 2 aliphatic rings. The molecule has 0 atom stereocenters. The molecule has 8 heavy (non-hydrogen) atoms. The van der Waals surface area contributed by atoms with Gasteiger partial charge in [-0.15, -0.1) is 0 Å². The monoisotopic (exact) mass is 124 g/mol. The van der Waals surface area contributed by atoms with Gasteiger partial charge in [0, 0.05) is 9.79 Å². The van der Waals surface area contributed by atoms with E-state index in [0.29, 0.717) is 0 Å². The van der Waals surface area contributed by atoms with E-state index in [1.165, 1.54) is 0 Å². The molecule has 1 aromatic carbocycles. The van der Waals surface area contributed by atoms with Crippen molar-refractivity contribution in [2.75, 3.05) is 0 Å². The van der Waals surface area contributed by atoms with Gasteiger partial charge in [0.05, 0.1) is 10.8 Å². The molecule has 0 radical (unpaired) electrons. The van der Waals surface area contributed by atoms with Crippen LogP contribution in [0.3, 0.4) is 0 Å². The van der Waals surface area contributed by atoms with Gasteiger partial charge in [-0.2, -0.15) is 0 Å². The van der Waals surface area contributed by atoms with Crippen LogP contribution in [0.15, 0.2) is 34.1 Å². The molecule has 0 spiro atoms. The SMILES string of the molecule is O=S1c2cccc1c2. The van der Waals surface area contributed by atoms with E-state index in [0.717, 1.165) is 9.79 Å². The van der Waals surface area contributed by atoms with Gasteiger partial charge in [-0.3, -0.25) is 0 Å². The third-order valence-corrected chi connectivity index (χ3v) is 2.60. The first-order chi connectivity index (χ1) is 3.88. The highest BCUT2D eigenvalue weighted by Crippen LogP contribution is 2.26. The van der Waals surface area contributed by atoms with Gasteiger partial charge in [-0.05, 0) is 18.2 Å². The van der Waals surface area contributed by atoms with Gasteiger partial charge in [0.2, 0.25) is 0 Å². The van der Waals surface area contributed by atoms with E-state index in [4.69, 9.17) is 0 Å². The first-order valence-electron chi connectivity index (χ1n) is 2.40. The smallest absolute Gasteiger partial charge is 0.0850 e. The Bertz CT molecular complexity index is 226. The molecule has 40 valence electrons. The zero-order valence-corrected chi connectivity index (χ0v) is 4.94. The molecule has 0 fully saturated rings. The van der Waals surface area contributed by atoms with Crippen LogP contribution in [0.25, 0.3) is 0 Å².